The molecule has 0 fully saturated rings. The van der Waals surface area contributed by atoms with E-state index in [2.05, 4.69) is 26.2 Å². The molecule has 0 saturated carbocycles. The quantitative estimate of drug-likeness (QED) is 0.824. The SMILES string of the molecule is CCOC(=O)c1csc(Nc2ccc(OC)c(Br)c2)n1. The highest BCUT2D eigenvalue weighted by Crippen LogP contribution is 2.30. The van der Waals surface area contributed by atoms with Gasteiger partial charge in [-0.1, -0.05) is 0 Å². The van der Waals surface area contributed by atoms with Crippen molar-refractivity contribution in [1.82, 2.24) is 4.98 Å². The van der Waals surface area contributed by atoms with Crippen molar-refractivity contribution in [2.45, 2.75) is 6.92 Å². The fraction of sp³-hybridized carbons (Fsp3) is 0.231. The van der Waals surface area contributed by atoms with Crippen LogP contribution < -0.4 is 10.1 Å². The van der Waals surface area contributed by atoms with Gasteiger partial charge in [0.05, 0.1) is 18.2 Å². The molecule has 0 bridgehead atoms. The van der Waals surface area contributed by atoms with Crippen LogP contribution in [-0.4, -0.2) is 24.7 Å². The lowest BCUT2D eigenvalue weighted by Crippen LogP contribution is -2.05. The van der Waals surface area contributed by atoms with Gasteiger partial charge in [-0.15, -0.1) is 11.3 Å². The van der Waals surface area contributed by atoms with Crippen LogP contribution in [-0.2, 0) is 4.74 Å². The third-order valence-electron chi connectivity index (χ3n) is 2.39. The summed E-state index contributed by atoms with van der Waals surface area (Å²) in [5.74, 6) is 0.342. The van der Waals surface area contributed by atoms with E-state index in [-0.39, 0.29) is 0 Å². The second-order valence-electron chi connectivity index (χ2n) is 3.73. The zero-order valence-electron chi connectivity index (χ0n) is 11.0. The normalized spacial score (nSPS) is 10.2. The van der Waals surface area contributed by atoms with Crippen molar-refractivity contribution in [3.8, 4) is 5.75 Å². The van der Waals surface area contributed by atoms with E-state index in [0.29, 0.717) is 17.4 Å². The summed E-state index contributed by atoms with van der Waals surface area (Å²) in [4.78, 5) is 15.7. The van der Waals surface area contributed by atoms with Crippen LogP contribution >= 0.6 is 27.3 Å². The number of hydrogen-bond acceptors (Lipinski definition) is 6. The molecule has 0 amide bonds. The summed E-state index contributed by atoms with van der Waals surface area (Å²) in [6.45, 7) is 2.10. The van der Waals surface area contributed by atoms with Crippen LogP contribution in [0.2, 0.25) is 0 Å². The minimum atomic E-state index is -0.410. The lowest BCUT2D eigenvalue weighted by atomic mass is 10.3. The van der Waals surface area contributed by atoms with Crippen molar-refractivity contribution < 1.29 is 14.3 Å². The van der Waals surface area contributed by atoms with E-state index >= 15 is 0 Å². The van der Waals surface area contributed by atoms with Crippen molar-refractivity contribution in [2.75, 3.05) is 19.0 Å². The predicted octanol–water partition coefficient (Wildman–Crippen LogP) is 3.83. The number of hydrogen-bond donors (Lipinski definition) is 1. The van der Waals surface area contributed by atoms with E-state index in [4.69, 9.17) is 9.47 Å². The first kappa shape index (κ1) is 14.8. The Hall–Kier alpha value is -1.60. The van der Waals surface area contributed by atoms with Crippen LogP contribution in [0.3, 0.4) is 0 Å². The number of thiazole rings is 1. The summed E-state index contributed by atoms with van der Waals surface area (Å²) in [6, 6.07) is 5.59. The molecule has 2 rings (SSSR count). The second-order valence-corrected chi connectivity index (χ2v) is 5.45. The smallest absolute Gasteiger partial charge is 0.357 e. The van der Waals surface area contributed by atoms with Gasteiger partial charge in [0.25, 0.3) is 0 Å². The molecule has 106 valence electrons. The van der Waals surface area contributed by atoms with Crippen LogP contribution in [0.25, 0.3) is 0 Å². The molecule has 0 unspecified atom stereocenters. The van der Waals surface area contributed by atoms with Crippen molar-refractivity contribution >= 4 is 44.1 Å². The molecule has 2 aromatic rings. The average molecular weight is 357 g/mol. The van der Waals surface area contributed by atoms with Crippen molar-refractivity contribution in [2.24, 2.45) is 0 Å². The number of anilines is 2. The van der Waals surface area contributed by atoms with Gasteiger partial charge in [0.15, 0.2) is 10.8 Å². The van der Waals surface area contributed by atoms with Gasteiger partial charge in [0.1, 0.15) is 5.75 Å². The maximum atomic E-state index is 11.5. The summed E-state index contributed by atoms with van der Waals surface area (Å²) in [7, 11) is 1.61. The molecule has 0 aliphatic heterocycles. The molecule has 1 aromatic heterocycles. The summed E-state index contributed by atoms with van der Waals surface area (Å²) < 4.78 is 10.9. The Morgan fingerprint density at radius 2 is 2.30 bits per heavy atom. The zero-order chi connectivity index (χ0) is 14.5. The minimum Gasteiger partial charge on any atom is -0.496 e. The highest BCUT2D eigenvalue weighted by atomic mass is 79.9. The number of aromatic nitrogens is 1. The number of halogens is 1. The summed E-state index contributed by atoms with van der Waals surface area (Å²) >= 11 is 4.76. The molecule has 0 spiro atoms. The predicted molar refractivity (Wildman–Crippen MR) is 82.0 cm³/mol. The molecule has 0 radical (unpaired) electrons. The van der Waals surface area contributed by atoms with E-state index < -0.39 is 5.97 Å². The van der Waals surface area contributed by atoms with Gasteiger partial charge in [-0.25, -0.2) is 9.78 Å². The Bertz CT molecular complexity index is 615. The first-order chi connectivity index (χ1) is 9.63. The topological polar surface area (TPSA) is 60.5 Å². The van der Waals surface area contributed by atoms with Gasteiger partial charge in [-0.05, 0) is 41.1 Å². The number of nitrogens with one attached hydrogen (secondary N) is 1. The van der Waals surface area contributed by atoms with E-state index in [0.717, 1.165) is 15.9 Å². The van der Waals surface area contributed by atoms with Crippen molar-refractivity contribution in [1.29, 1.82) is 0 Å². The van der Waals surface area contributed by atoms with Crippen LogP contribution in [0.15, 0.2) is 28.1 Å². The van der Waals surface area contributed by atoms with Crippen LogP contribution in [0.1, 0.15) is 17.4 Å². The van der Waals surface area contributed by atoms with Crippen LogP contribution in [0.4, 0.5) is 10.8 Å². The molecule has 0 aliphatic rings. The van der Waals surface area contributed by atoms with Crippen molar-refractivity contribution in [3.05, 3.63) is 33.7 Å². The van der Waals surface area contributed by atoms with Gasteiger partial charge in [-0.3, -0.25) is 0 Å². The molecule has 20 heavy (non-hydrogen) atoms. The van der Waals surface area contributed by atoms with Gasteiger partial charge in [0.2, 0.25) is 0 Å². The molecule has 0 saturated heterocycles. The average Bonchev–Trinajstić information content (AvgIpc) is 2.88. The fourth-order valence-electron chi connectivity index (χ4n) is 1.50. The van der Waals surface area contributed by atoms with Gasteiger partial charge in [-0.2, -0.15) is 0 Å². The van der Waals surface area contributed by atoms with Crippen molar-refractivity contribution in [3.63, 3.8) is 0 Å². The highest BCUT2D eigenvalue weighted by Gasteiger charge is 2.11. The highest BCUT2D eigenvalue weighted by molar-refractivity contribution is 9.10. The Labute approximate surface area is 129 Å². The number of esters is 1. The van der Waals surface area contributed by atoms with Gasteiger partial charge >= 0.3 is 5.97 Å². The molecular weight excluding hydrogens is 344 g/mol. The molecule has 1 N–H and O–H groups in total. The third kappa shape index (κ3) is 3.49. The van der Waals surface area contributed by atoms with E-state index in [1.54, 1.807) is 19.4 Å². The maximum Gasteiger partial charge on any atom is 0.357 e. The van der Waals surface area contributed by atoms with E-state index in [9.17, 15) is 4.79 Å². The molecule has 0 atom stereocenters. The summed E-state index contributed by atoms with van der Waals surface area (Å²) in [5, 5.41) is 5.42. The number of benzene rings is 1. The Balaban J connectivity index is 2.10. The largest absolute Gasteiger partial charge is 0.496 e. The number of methoxy groups -OCH3 is 1. The molecule has 0 aliphatic carbocycles. The number of ether oxygens (including phenoxy) is 2. The van der Waals surface area contributed by atoms with Gasteiger partial charge in [0, 0.05) is 11.1 Å². The zero-order valence-corrected chi connectivity index (χ0v) is 13.4. The molecule has 5 nitrogen and oxygen atoms in total. The number of carbonyl (C=O) groups is 1. The maximum absolute atomic E-state index is 11.5. The lowest BCUT2D eigenvalue weighted by molar-refractivity contribution is 0.0520. The number of rotatable bonds is 5. The van der Waals surface area contributed by atoms with E-state index in [1.165, 1.54) is 11.3 Å². The monoisotopic (exact) mass is 356 g/mol. The Kier molecular flexibility index (Phi) is 4.97. The molecular formula is C13H13BrN2O3S. The molecule has 7 heteroatoms. The summed E-state index contributed by atoms with van der Waals surface area (Å²) in [6.07, 6.45) is 0. The lowest BCUT2D eigenvalue weighted by Gasteiger charge is -2.06. The minimum absolute atomic E-state index is 0.312. The third-order valence-corrected chi connectivity index (χ3v) is 3.77. The fourth-order valence-corrected chi connectivity index (χ4v) is 2.74. The van der Waals surface area contributed by atoms with Crippen LogP contribution in [0, 0.1) is 0 Å². The number of nitrogens with zero attached hydrogens (tertiary/aromatic N) is 1. The van der Waals surface area contributed by atoms with Crippen LogP contribution in [0.5, 0.6) is 5.75 Å². The van der Waals surface area contributed by atoms with E-state index in [1.807, 2.05) is 18.2 Å². The second kappa shape index (κ2) is 6.71. The standard InChI is InChI=1S/C13H13BrN2O3S/c1-3-19-12(17)10-7-20-13(16-10)15-8-4-5-11(18-2)9(14)6-8/h4-7H,3H2,1-2H3,(H,15,16). The Morgan fingerprint density at radius 3 is 2.95 bits per heavy atom. The first-order valence-electron chi connectivity index (χ1n) is 5.87. The van der Waals surface area contributed by atoms with Gasteiger partial charge < -0.3 is 14.8 Å². The number of carbonyl (C=O) groups excluding carboxylic acids is 1. The molecule has 1 heterocycles. The molecule has 1 aromatic carbocycles. The summed E-state index contributed by atoms with van der Waals surface area (Å²) in [5.41, 5.74) is 1.16. The first-order valence-corrected chi connectivity index (χ1v) is 7.54. The Morgan fingerprint density at radius 1 is 1.50 bits per heavy atom.